The van der Waals surface area contributed by atoms with Crippen LogP contribution in [-0.4, -0.2) is 69.8 Å². The van der Waals surface area contributed by atoms with Gasteiger partial charge in [-0.1, -0.05) is 13.3 Å². The minimum atomic E-state index is 0.575. The molecule has 2 rings (SSSR count). The lowest BCUT2D eigenvalue weighted by atomic mass is 10.0. The fraction of sp³-hybridized carbons (Fsp3) is 0.812. The maximum atomic E-state index is 4.88. The van der Waals surface area contributed by atoms with E-state index >= 15 is 0 Å². The first-order valence-electron chi connectivity index (χ1n) is 8.72. The van der Waals surface area contributed by atoms with Crippen molar-refractivity contribution in [1.82, 2.24) is 29.9 Å². The number of piperidine rings is 1. The van der Waals surface area contributed by atoms with Gasteiger partial charge in [-0.15, -0.1) is 0 Å². The summed E-state index contributed by atoms with van der Waals surface area (Å²) in [5, 5.41) is 7.51. The number of likely N-dealkylation sites (N-methyl/N-ethyl adjacent to an activating group) is 1. The first kappa shape index (κ1) is 17.7. The zero-order valence-corrected chi connectivity index (χ0v) is 15.0. The van der Waals surface area contributed by atoms with E-state index in [0.29, 0.717) is 12.6 Å². The summed E-state index contributed by atoms with van der Waals surface area (Å²) in [5.74, 6) is 1.88. The van der Waals surface area contributed by atoms with Gasteiger partial charge in [0, 0.05) is 26.7 Å². The van der Waals surface area contributed by atoms with E-state index in [0.717, 1.165) is 31.4 Å². The summed E-state index contributed by atoms with van der Waals surface area (Å²) in [6.07, 6.45) is 5.49. The van der Waals surface area contributed by atoms with Crippen molar-refractivity contribution in [1.29, 1.82) is 0 Å². The maximum Gasteiger partial charge on any atom is 0.194 e. The van der Waals surface area contributed by atoms with Crippen molar-refractivity contribution >= 4 is 5.96 Å². The Labute approximate surface area is 139 Å². The predicted octanol–water partition coefficient (Wildman–Crippen LogP) is 1.09. The van der Waals surface area contributed by atoms with Crippen molar-refractivity contribution < 1.29 is 0 Å². The first-order chi connectivity index (χ1) is 11.2. The summed E-state index contributed by atoms with van der Waals surface area (Å²) in [4.78, 5) is 13.8. The van der Waals surface area contributed by atoms with Gasteiger partial charge in [-0.25, -0.2) is 4.98 Å². The fourth-order valence-corrected chi connectivity index (χ4v) is 3.09. The van der Waals surface area contributed by atoms with Crippen LogP contribution in [0.1, 0.15) is 38.9 Å². The SMILES string of the molecule is CCNC(=NCC1CCCCN1CC)N(C)Cc1ncnn1C. The molecule has 130 valence electrons. The Bertz CT molecular complexity index is 496. The third-order valence-electron chi connectivity index (χ3n) is 4.49. The van der Waals surface area contributed by atoms with E-state index in [4.69, 9.17) is 4.99 Å². The molecule has 1 N–H and O–H groups in total. The first-order valence-corrected chi connectivity index (χ1v) is 8.72. The zero-order chi connectivity index (χ0) is 16.7. The van der Waals surface area contributed by atoms with Crippen LogP contribution in [0.5, 0.6) is 0 Å². The Morgan fingerprint density at radius 3 is 2.91 bits per heavy atom. The minimum Gasteiger partial charge on any atom is -0.357 e. The molecule has 0 radical (unpaired) electrons. The van der Waals surface area contributed by atoms with Gasteiger partial charge in [-0.05, 0) is 32.9 Å². The number of aromatic nitrogens is 3. The van der Waals surface area contributed by atoms with E-state index in [2.05, 4.69) is 46.1 Å². The van der Waals surface area contributed by atoms with Crippen LogP contribution in [0, 0.1) is 0 Å². The lowest BCUT2D eigenvalue weighted by Crippen LogP contribution is -2.43. The van der Waals surface area contributed by atoms with E-state index in [9.17, 15) is 0 Å². The normalized spacial score (nSPS) is 19.8. The molecule has 7 nitrogen and oxygen atoms in total. The molecule has 0 aliphatic carbocycles. The minimum absolute atomic E-state index is 0.575. The molecule has 0 bridgehead atoms. The average molecular weight is 321 g/mol. The molecule has 1 atom stereocenters. The summed E-state index contributed by atoms with van der Waals surface area (Å²) < 4.78 is 1.81. The number of aliphatic imine (C=N–C) groups is 1. The Kier molecular flexibility index (Phi) is 6.83. The monoisotopic (exact) mass is 321 g/mol. The lowest BCUT2D eigenvalue weighted by Gasteiger charge is -2.34. The van der Waals surface area contributed by atoms with Crippen molar-refractivity contribution in [3.8, 4) is 0 Å². The van der Waals surface area contributed by atoms with E-state index in [1.807, 2.05) is 7.05 Å². The van der Waals surface area contributed by atoms with Crippen LogP contribution in [0.15, 0.2) is 11.3 Å². The predicted molar refractivity (Wildman–Crippen MR) is 93.3 cm³/mol. The van der Waals surface area contributed by atoms with Crippen molar-refractivity contribution in [3.63, 3.8) is 0 Å². The number of rotatable bonds is 6. The van der Waals surface area contributed by atoms with Crippen LogP contribution in [-0.2, 0) is 13.6 Å². The number of hydrogen-bond acceptors (Lipinski definition) is 4. The molecule has 7 heteroatoms. The molecule has 0 aromatic carbocycles. The second-order valence-electron chi connectivity index (χ2n) is 6.13. The molecule has 0 saturated carbocycles. The highest BCUT2D eigenvalue weighted by Gasteiger charge is 2.21. The van der Waals surface area contributed by atoms with Gasteiger partial charge in [0.15, 0.2) is 5.96 Å². The number of aryl methyl sites for hydroxylation is 1. The van der Waals surface area contributed by atoms with Crippen LogP contribution >= 0.6 is 0 Å². The highest BCUT2D eigenvalue weighted by Crippen LogP contribution is 2.16. The lowest BCUT2D eigenvalue weighted by molar-refractivity contribution is 0.161. The van der Waals surface area contributed by atoms with Crippen LogP contribution in [0.2, 0.25) is 0 Å². The highest BCUT2D eigenvalue weighted by atomic mass is 15.4. The molecular weight excluding hydrogens is 290 g/mol. The summed E-state index contributed by atoms with van der Waals surface area (Å²) in [6.45, 7) is 9.10. The van der Waals surface area contributed by atoms with Crippen molar-refractivity contribution in [2.75, 3.05) is 33.2 Å². The van der Waals surface area contributed by atoms with E-state index < -0.39 is 0 Å². The molecule has 0 amide bonds. The molecular formula is C16H31N7. The van der Waals surface area contributed by atoms with Crippen LogP contribution in [0.4, 0.5) is 0 Å². The fourth-order valence-electron chi connectivity index (χ4n) is 3.09. The third-order valence-corrected chi connectivity index (χ3v) is 4.49. The van der Waals surface area contributed by atoms with Crippen molar-refractivity contribution in [3.05, 3.63) is 12.2 Å². The number of likely N-dealkylation sites (tertiary alicyclic amines) is 1. The molecule has 0 spiro atoms. The number of guanidine groups is 1. The number of nitrogens with zero attached hydrogens (tertiary/aromatic N) is 6. The van der Waals surface area contributed by atoms with Gasteiger partial charge in [-0.2, -0.15) is 5.10 Å². The van der Waals surface area contributed by atoms with Gasteiger partial charge in [0.05, 0.1) is 13.1 Å². The van der Waals surface area contributed by atoms with E-state index in [1.165, 1.54) is 25.8 Å². The van der Waals surface area contributed by atoms with Crippen LogP contribution in [0.25, 0.3) is 0 Å². The van der Waals surface area contributed by atoms with Gasteiger partial charge in [0.2, 0.25) is 0 Å². The summed E-state index contributed by atoms with van der Waals surface area (Å²) >= 11 is 0. The molecule has 23 heavy (non-hydrogen) atoms. The number of nitrogens with one attached hydrogen (secondary N) is 1. The molecule has 1 saturated heterocycles. The van der Waals surface area contributed by atoms with Crippen molar-refractivity contribution in [2.24, 2.45) is 12.0 Å². The van der Waals surface area contributed by atoms with Crippen LogP contribution in [0.3, 0.4) is 0 Å². The largest absolute Gasteiger partial charge is 0.357 e. The topological polar surface area (TPSA) is 61.6 Å². The van der Waals surface area contributed by atoms with Gasteiger partial charge in [0.1, 0.15) is 12.2 Å². The van der Waals surface area contributed by atoms with Gasteiger partial charge in [0.25, 0.3) is 0 Å². The van der Waals surface area contributed by atoms with Crippen molar-refractivity contribution in [2.45, 2.75) is 45.7 Å². The van der Waals surface area contributed by atoms with E-state index in [1.54, 1.807) is 11.0 Å². The van der Waals surface area contributed by atoms with Gasteiger partial charge in [-0.3, -0.25) is 14.6 Å². The maximum absolute atomic E-state index is 4.88. The Morgan fingerprint density at radius 1 is 1.43 bits per heavy atom. The second-order valence-corrected chi connectivity index (χ2v) is 6.13. The Morgan fingerprint density at radius 2 is 2.26 bits per heavy atom. The Balaban J connectivity index is 1.99. The smallest absolute Gasteiger partial charge is 0.194 e. The molecule has 1 aliphatic heterocycles. The molecule has 1 fully saturated rings. The summed E-state index contributed by atoms with van der Waals surface area (Å²) in [5.41, 5.74) is 0. The zero-order valence-electron chi connectivity index (χ0n) is 15.0. The molecule has 1 aromatic rings. The van der Waals surface area contributed by atoms with Gasteiger partial charge >= 0.3 is 0 Å². The quantitative estimate of drug-likeness (QED) is 0.628. The summed E-state index contributed by atoms with van der Waals surface area (Å²) in [6, 6.07) is 0.575. The number of hydrogen-bond donors (Lipinski definition) is 1. The summed E-state index contributed by atoms with van der Waals surface area (Å²) in [7, 11) is 3.97. The molecule has 1 unspecified atom stereocenters. The molecule has 2 heterocycles. The van der Waals surface area contributed by atoms with Gasteiger partial charge < -0.3 is 10.2 Å². The Hall–Kier alpha value is -1.63. The second kappa shape index (κ2) is 8.86. The van der Waals surface area contributed by atoms with E-state index in [-0.39, 0.29) is 0 Å². The third kappa shape index (κ3) is 4.92. The van der Waals surface area contributed by atoms with Crippen LogP contribution < -0.4 is 5.32 Å². The average Bonchev–Trinajstić information content (AvgIpc) is 2.96. The molecule has 1 aliphatic rings. The standard InChI is InChI=1S/C16H31N7/c1-5-17-16(21(3)12-15-19-13-20-22(15)4)18-11-14-9-7-8-10-23(14)6-2/h13-14H,5-12H2,1-4H3,(H,17,18). The highest BCUT2D eigenvalue weighted by molar-refractivity contribution is 5.79. The molecule has 1 aromatic heterocycles.